The third-order valence-electron chi connectivity index (χ3n) is 2.38. The van der Waals surface area contributed by atoms with Crippen LogP contribution < -0.4 is 4.74 Å². The molecule has 5 nitrogen and oxygen atoms in total. The number of ketones is 1. The van der Waals surface area contributed by atoms with Crippen LogP contribution in [-0.4, -0.2) is 25.2 Å². The summed E-state index contributed by atoms with van der Waals surface area (Å²) >= 11 is 5.89. The van der Waals surface area contributed by atoms with E-state index in [0.29, 0.717) is 22.9 Å². The highest BCUT2D eigenvalue weighted by Gasteiger charge is 2.26. The third-order valence-corrected chi connectivity index (χ3v) is 2.60. The summed E-state index contributed by atoms with van der Waals surface area (Å²) in [6.45, 7) is 2.09. The molecule has 1 aromatic rings. The second kappa shape index (κ2) is 5.37. The fourth-order valence-corrected chi connectivity index (χ4v) is 1.90. The Morgan fingerprint density at radius 3 is 2.94 bits per heavy atom. The Kier molecular flexibility index (Phi) is 3.84. The van der Waals surface area contributed by atoms with Crippen molar-refractivity contribution < 1.29 is 23.8 Å². The van der Waals surface area contributed by atoms with Crippen LogP contribution in [0.2, 0.25) is 5.02 Å². The van der Waals surface area contributed by atoms with Gasteiger partial charge >= 0.3 is 5.97 Å². The molecule has 0 bridgehead atoms. The molecular formula is C12H11ClO5. The smallest absolute Gasteiger partial charge is 0.379 e. The molecule has 0 fully saturated rings. The monoisotopic (exact) mass is 270 g/mol. The molecule has 0 amide bonds. The van der Waals surface area contributed by atoms with Crippen molar-refractivity contribution >= 4 is 23.4 Å². The number of carbonyl (C=O) groups is 2. The average molecular weight is 271 g/mol. The van der Waals surface area contributed by atoms with Gasteiger partial charge in [-0.2, -0.15) is 0 Å². The van der Waals surface area contributed by atoms with Crippen LogP contribution in [0, 0.1) is 0 Å². The van der Waals surface area contributed by atoms with E-state index in [1.165, 1.54) is 6.07 Å². The summed E-state index contributed by atoms with van der Waals surface area (Å²) in [6.07, 6.45) is 0. The summed E-state index contributed by atoms with van der Waals surface area (Å²) < 4.78 is 15.0. The molecule has 1 heterocycles. The lowest BCUT2D eigenvalue weighted by Crippen LogP contribution is -2.21. The molecule has 0 saturated carbocycles. The molecule has 0 N–H and O–H groups in total. The molecule has 0 atom stereocenters. The summed E-state index contributed by atoms with van der Waals surface area (Å²) in [6, 6.07) is 3.03. The third kappa shape index (κ3) is 2.47. The molecule has 0 unspecified atom stereocenters. The van der Waals surface area contributed by atoms with E-state index in [1.807, 2.05) is 0 Å². The van der Waals surface area contributed by atoms with Crippen molar-refractivity contribution in [2.75, 3.05) is 13.4 Å². The number of hydrogen-bond acceptors (Lipinski definition) is 5. The van der Waals surface area contributed by atoms with Gasteiger partial charge in [0.1, 0.15) is 5.75 Å². The van der Waals surface area contributed by atoms with Gasteiger partial charge in [0.2, 0.25) is 0 Å². The number of esters is 1. The van der Waals surface area contributed by atoms with Crippen LogP contribution in [0.25, 0.3) is 0 Å². The molecule has 6 heteroatoms. The minimum Gasteiger partial charge on any atom is -0.466 e. The Hall–Kier alpha value is -1.59. The van der Waals surface area contributed by atoms with Crippen LogP contribution in [0.15, 0.2) is 12.1 Å². The van der Waals surface area contributed by atoms with E-state index in [2.05, 4.69) is 4.74 Å². The number of ether oxygens (including phenoxy) is 3. The molecule has 0 radical (unpaired) electrons. The number of hydrogen-bond donors (Lipinski definition) is 0. The lowest BCUT2D eigenvalue weighted by Gasteiger charge is -2.20. The molecule has 1 aliphatic rings. The summed E-state index contributed by atoms with van der Waals surface area (Å²) in [5, 5.41) is 0.343. The van der Waals surface area contributed by atoms with Crippen molar-refractivity contribution in [1.29, 1.82) is 0 Å². The highest BCUT2D eigenvalue weighted by atomic mass is 35.5. The maximum Gasteiger partial charge on any atom is 0.379 e. The number of benzene rings is 1. The van der Waals surface area contributed by atoms with Gasteiger partial charge in [0.25, 0.3) is 5.78 Å². The van der Waals surface area contributed by atoms with Gasteiger partial charge < -0.3 is 14.2 Å². The van der Waals surface area contributed by atoms with E-state index in [1.54, 1.807) is 13.0 Å². The first-order valence-corrected chi connectivity index (χ1v) is 5.75. The maximum absolute atomic E-state index is 11.9. The molecule has 0 aliphatic carbocycles. The number of carbonyl (C=O) groups excluding carboxylic acids is 2. The Labute approximate surface area is 109 Å². The zero-order chi connectivity index (χ0) is 13.1. The standard InChI is InChI=1S/C12H11ClO5/c1-2-17-12(15)10(14)9-4-8(13)3-7-5-16-6-18-11(7)9/h3-4H,2,5-6H2,1H3. The topological polar surface area (TPSA) is 61.8 Å². The van der Waals surface area contributed by atoms with Crippen LogP contribution in [-0.2, 0) is 20.9 Å². The van der Waals surface area contributed by atoms with Crippen LogP contribution in [0.5, 0.6) is 5.75 Å². The molecule has 96 valence electrons. The molecule has 18 heavy (non-hydrogen) atoms. The van der Waals surface area contributed by atoms with Crippen molar-refractivity contribution in [3.8, 4) is 5.75 Å². The number of fused-ring (bicyclic) bond motifs is 1. The first-order valence-electron chi connectivity index (χ1n) is 5.38. The SMILES string of the molecule is CCOC(=O)C(=O)c1cc(Cl)cc2c1OCOC2. The number of halogens is 1. The molecule has 2 rings (SSSR count). The van der Waals surface area contributed by atoms with E-state index < -0.39 is 11.8 Å². The first-order chi connectivity index (χ1) is 8.63. The van der Waals surface area contributed by atoms with Gasteiger partial charge in [-0.15, -0.1) is 0 Å². The van der Waals surface area contributed by atoms with Crippen molar-refractivity contribution in [3.63, 3.8) is 0 Å². The van der Waals surface area contributed by atoms with Crippen molar-refractivity contribution in [3.05, 3.63) is 28.3 Å². The van der Waals surface area contributed by atoms with Gasteiger partial charge in [-0.25, -0.2) is 4.79 Å². The van der Waals surface area contributed by atoms with E-state index in [4.69, 9.17) is 21.1 Å². The predicted molar refractivity (Wildman–Crippen MR) is 62.7 cm³/mol. The van der Waals surface area contributed by atoms with E-state index >= 15 is 0 Å². The van der Waals surface area contributed by atoms with Gasteiger partial charge in [-0.3, -0.25) is 4.79 Å². The first kappa shape index (κ1) is 12.9. The van der Waals surface area contributed by atoms with Crippen LogP contribution in [0.3, 0.4) is 0 Å². The van der Waals surface area contributed by atoms with E-state index in [-0.39, 0.29) is 19.0 Å². The zero-order valence-corrected chi connectivity index (χ0v) is 10.5. The van der Waals surface area contributed by atoms with Crippen LogP contribution in [0.1, 0.15) is 22.8 Å². The number of rotatable bonds is 3. The minimum atomic E-state index is -0.919. The molecule has 0 aromatic heterocycles. The summed E-state index contributed by atoms with van der Waals surface area (Å²) in [5.74, 6) is -1.35. The van der Waals surface area contributed by atoms with Crippen molar-refractivity contribution in [1.82, 2.24) is 0 Å². The zero-order valence-electron chi connectivity index (χ0n) is 9.70. The fourth-order valence-electron chi connectivity index (χ4n) is 1.66. The second-order valence-corrected chi connectivity index (χ2v) is 4.04. The predicted octanol–water partition coefficient (Wildman–Crippen LogP) is 1.95. The summed E-state index contributed by atoms with van der Waals surface area (Å²) in [4.78, 5) is 23.3. The lowest BCUT2D eigenvalue weighted by atomic mass is 10.0. The van der Waals surface area contributed by atoms with Gasteiger partial charge in [0, 0.05) is 10.6 Å². The van der Waals surface area contributed by atoms with Crippen LogP contribution >= 0.6 is 11.6 Å². The summed E-state index contributed by atoms with van der Waals surface area (Å²) in [5.41, 5.74) is 0.751. The normalized spacial score (nSPS) is 13.4. The molecule has 1 aromatic carbocycles. The van der Waals surface area contributed by atoms with E-state index in [9.17, 15) is 9.59 Å². The van der Waals surface area contributed by atoms with Gasteiger partial charge in [-0.1, -0.05) is 11.6 Å². The van der Waals surface area contributed by atoms with Gasteiger partial charge in [0.05, 0.1) is 18.8 Å². The van der Waals surface area contributed by atoms with E-state index in [0.717, 1.165) is 0 Å². The maximum atomic E-state index is 11.9. The average Bonchev–Trinajstić information content (AvgIpc) is 2.37. The van der Waals surface area contributed by atoms with Gasteiger partial charge in [-0.05, 0) is 19.1 Å². The number of Topliss-reactive ketones (excluding diaryl/α,β-unsaturated/α-hetero) is 1. The Morgan fingerprint density at radius 2 is 2.22 bits per heavy atom. The summed E-state index contributed by atoms with van der Waals surface area (Å²) in [7, 11) is 0. The fraction of sp³-hybridized carbons (Fsp3) is 0.333. The van der Waals surface area contributed by atoms with Gasteiger partial charge in [0.15, 0.2) is 6.79 Å². The Balaban J connectivity index is 2.40. The second-order valence-electron chi connectivity index (χ2n) is 3.60. The highest BCUT2D eigenvalue weighted by molar-refractivity contribution is 6.42. The molecule has 1 aliphatic heterocycles. The van der Waals surface area contributed by atoms with Crippen molar-refractivity contribution in [2.24, 2.45) is 0 Å². The Morgan fingerprint density at radius 1 is 1.44 bits per heavy atom. The minimum absolute atomic E-state index is 0.0394. The lowest BCUT2D eigenvalue weighted by molar-refractivity contribution is -0.137. The quantitative estimate of drug-likeness (QED) is 0.477. The molecule has 0 spiro atoms. The largest absolute Gasteiger partial charge is 0.466 e. The molecular weight excluding hydrogens is 260 g/mol. The highest BCUT2D eigenvalue weighted by Crippen LogP contribution is 2.32. The van der Waals surface area contributed by atoms with Crippen LogP contribution in [0.4, 0.5) is 0 Å². The molecule has 0 saturated heterocycles. The van der Waals surface area contributed by atoms with Crippen molar-refractivity contribution in [2.45, 2.75) is 13.5 Å². The Bertz CT molecular complexity index is 497.